The average Bonchev–Trinajstić information content (AvgIpc) is 3.16. The molecule has 0 aliphatic carbocycles. The zero-order valence-corrected chi connectivity index (χ0v) is 11.8. The van der Waals surface area contributed by atoms with Crippen LogP contribution < -0.4 is 0 Å². The molecule has 2 heterocycles. The number of ether oxygens (including phenoxy) is 1. The molecule has 114 valence electrons. The molecule has 0 amide bonds. The van der Waals surface area contributed by atoms with Crippen LogP contribution in [0.3, 0.4) is 0 Å². The van der Waals surface area contributed by atoms with E-state index in [-0.39, 0.29) is 18.2 Å². The first-order chi connectivity index (χ1) is 10.7. The third kappa shape index (κ3) is 2.75. The highest BCUT2D eigenvalue weighted by molar-refractivity contribution is 5.74. The number of carbonyl (C=O) groups is 2. The topological polar surface area (TPSA) is 94.3 Å². The SMILES string of the molecule is O=Cc1nnn(-c2ccc(CC(=O)O)cc2)c1C1CCCO1. The smallest absolute Gasteiger partial charge is 0.307 e. The molecule has 1 N–H and O–H groups in total. The second-order valence-electron chi connectivity index (χ2n) is 5.13. The first kappa shape index (κ1) is 14.4. The summed E-state index contributed by atoms with van der Waals surface area (Å²) in [5.74, 6) is -0.878. The molecule has 0 bridgehead atoms. The van der Waals surface area contributed by atoms with Gasteiger partial charge < -0.3 is 9.84 Å². The Morgan fingerprint density at radius 2 is 2.18 bits per heavy atom. The highest BCUT2D eigenvalue weighted by Crippen LogP contribution is 2.31. The molecule has 7 nitrogen and oxygen atoms in total. The fourth-order valence-electron chi connectivity index (χ4n) is 2.60. The number of aliphatic carboxylic acids is 1. The Bertz CT molecular complexity index is 687. The lowest BCUT2D eigenvalue weighted by Crippen LogP contribution is -2.09. The number of aldehydes is 1. The number of nitrogens with zero attached hydrogens (tertiary/aromatic N) is 3. The molecule has 22 heavy (non-hydrogen) atoms. The van der Waals surface area contributed by atoms with Gasteiger partial charge in [-0.05, 0) is 30.5 Å². The molecule has 1 saturated heterocycles. The van der Waals surface area contributed by atoms with Crippen molar-refractivity contribution in [3.05, 3.63) is 41.2 Å². The number of benzene rings is 1. The van der Waals surface area contributed by atoms with Gasteiger partial charge in [0.2, 0.25) is 0 Å². The van der Waals surface area contributed by atoms with Crippen LogP contribution in [-0.2, 0) is 16.0 Å². The first-order valence-corrected chi connectivity index (χ1v) is 7.02. The maximum Gasteiger partial charge on any atom is 0.307 e. The molecule has 3 rings (SSSR count). The Labute approximate surface area is 126 Å². The molecular formula is C15H15N3O4. The molecule has 1 aliphatic heterocycles. The Kier molecular flexibility index (Phi) is 3.97. The van der Waals surface area contributed by atoms with Gasteiger partial charge in [0.1, 0.15) is 11.8 Å². The van der Waals surface area contributed by atoms with E-state index in [2.05, 4.69) is 10.3 Å². The van der Waals surface area contributed by atoms with E-state index < -0.39 is 5.97 Å². The summed E-state index contributed by atoms with van der Waals surface area (Å²) in [7, 11) is 0. The highest BCUT2D eigenvalue weighted by atomic mass is 16.5. The maximum atomic E-state index is 11.2. The first-order valence-electron chi connectivity index (χ1n) is 7.02. The van der Waals surface area contributed by atoms with Gasteiger partial charge in [-0.3, -0.25) is 9.59 Å². The van der Waals surface area contributed by atoms with Gasteiger partial charge in [-0.2, -0.15) is 0 Å². The Hall–Kier alpha value is -2.54. The molecule has 1 aromatic heterocycles. The number of carbonyl (C=O) groups excluding carboxylic acids is 1. The Balaban J connectivity index is 1.95. The number of carboxylic acids is 1. The van der Waals surface area contributed by atoms with E-state index in [1.54, 1.807) is 28.9 Å². The second-order valence-corrected chi connectivity index (χ2v) is 5.13. The number of hydrogen-bond donors (Lipinski definition) is 1. The summed E-state index contributed by atoms with van der Waals surface area (Å²) in [6, 6.07) is 6.98. The minimum atomic E-state index is -0.878. The van der Waals surface area contributed by atoms with Crippen molar-refractivity contribution >= 4 is 12.3 Å². The highest BCUT2D eigenvalue weighted by Gasteiger charge is 2.27. The summed E-state index contributed by atoms with van der Waals surface area (Å²) in [6.07, 6.45) is 2.22. The van der Waals surface area contributed by atoms with Gasteiger partial charge in [0, 0.05) is 6.61 Å². The molecular weight excluding hydrogens is 286 g/mol. The van der Waals surface area contributed by atoms with Crippen molar-refractivity contribution in [1.82, 2.24) is 15.0 Å². The number of carboxylic acid groups (broad SMARTS) is 1. The molecule has 0 saturated carbocycles. The fraction of sp³-hybridized carbons (Fsp3) is 0.333. The molecule has 1 fully saturated rings. The van der Waals surface area contributed by atoms with Crippen LogP contribution in [-0.4, -0.2) is 39.0 Å². The normalized spacial score (nSPS) is 17.5. The minimum Gasteiger partial charge on any atom is -0.481 e. The van der Waals surface area contributed by atoms with Crippen LogP contribution in [0.5, 0.6) is 0 Å². The quantitative estimate of drug-likeness (QED) is 0.842. The lowest BCUT2D eigenvalue weighted by molar-refractivity contribution is -0.136. The minimum absolute atomic E-state index is 0.0319. The van der Waals surface area contributed by atoms with Crippen LogP contribution in [0, 0.1) is 0 Å². The Morgan fingerprint density at radius 3 is 2.77 bits per heavy atom. The van der Waals surface area contributed by atoms with Crippen molar-refractivity contribution < 1.29 is 19.4 Å². The van der Waals surface area contributed by atoms with Crippen LogP contribution in [0.25, 0.3) is 5.69 Å². The van der Waals surface area contributed by atoms with Crippen LogP contribution in [0.1, 0.15) is 40.7 Å². The van der Waals surface area contributed by atoms with Crippen LogP contribution in [0.2, 0.25) is 0 Å². The lowest BCUT2D eigenvalue weighted by Gasteiger charge is -2.12. The van der Waals surface area contributed by atoms with E-state index in [0.29, 0.717) is 24.2 Å². The van der Waals surface area contributed by atoms with Crippen molar-refractivity contribution in [2.75, 3.05) is 6.61 Å². The number of rotatable bonds is 5. The predicted molar refractivity (Wildman–Crippen MR) is 76.0 cm³/mol. The van der Waals surface area contributed by atoms with Crippen molar-refractivity contribution in [2.24, 2.45) is 0 Å². The van der Waals surface area contributed by atoms with Crippen molar-refractivity contribution in [1.29, 1.82) is 0 Å². The third-order valence-electron chi connectivity index (χ3n) is 3.62. The van der Waals surface area contributed by atoms with Crippen molar-refractivity contribution in [3.63, 3.8) is 0 Å². The molecule has 1 atom stereocenters. The summed E-state index contributed by atoms with van der Waals surface area (Å²) in [5, 5.41) is 16.7. The van der Waals surface area contributed by atoms with Crippen LogP contribution >= 0.6 is 0 Å². The zero-order valence-electron chi connectivity index (χ0n) is 11.8. The monoisotopic (exact) mass is 301 g/mol. The van der Waals surface area contributed by atoms with Crippen LogP contribution in [0.15, 0.2) is 24.3 Å². The summed E-state index contributed by atoms with van der Waals surface area (Å²) in [5.41, 5.74) is 2.35. The molecule has 0 radical (unpaired) electrons. The molecule has 0 spiro atoms. The average molecular weight is 301 g/mol. The summed E-state index contributed by atoms with van der Waals surface area (Å²) in [4.78, 5) is 21.9. The standard InChI is InChI=1S/C15H15N3O4/c19-9-12-15(13-2-1-7-22-13)18(17-16-12)11-5-3-10(4-6-11)8-14(20)21/h3-6,9,13H,1-2,7-8H2,(H,20,21). The van der Waals surface area contributed by atoms with Gasteiger partial charge in [0.25, 0.3) is 0 Å². The van der Waals surface area contributed by atoms with Crippen LogP contribution in [0.4, 0.5) is 0 Å². The molecule has 1 aliphatic rings. The maximum absolute atomic E-state index is 11.2. The summed E-state index contributed by atoms with van der Waals surface area (Å²) in [6.45, 7) is 0.658. The molecule has 7 heteroatoms. The predicted octanol–water partition coefficient (Wildman–Crippen LogP) is 1.56. The van der Waals surface area contributed by atoms with Gasteiger partial charge in [0.05, 0.1) is 12.1 Å². The van der Waals surface area contributed by atoms with Gasteiger partial charge in [0.15, 0.2) is 12.0 Å². The van der Waals surface area contributed by atoms with E-state index in [1.807, 2.05) is 0 Å². The van der Waals surface area contributed by atoms with E-state index in [1.165, 1.54) is 0 Å². The molecule has 2 aromatic rings. The van der Waals surface area contributed by atoms with Gasteiger partial charge in [-0.15, -0.1) is 5.10 Å². The van der Waals surface area contributed by atoms with E-state index in [9.17, 15) is 9.59 Å². The third-order valence-corrected chi connectivity index (χ3v) is 3.62. The largest absolute Gasteiger partial charge is 0.481 e. The summed E-state index contributed by atoms with van der Waals surface area (Å²) >= 11 is 0. The fourth-order valence-corrected chi connectivity index (χ4v) is 2.60. The van der Waals surface area contributed by atoms with Crippen molar-refractivity contribution in [3.8, 4) is 5.69 Å². The van der Waals surface area contributed by atoms with E-state index >= 15 is 0 Å². The van der Waals surface area contributed by atoms with E-state index in [0.717, 1.165) is 18.5 Å². The molecule has 1 unspecified atom stereocenters. The van der Waals surface area contributed by atoms with Crippen molar-refractivity contribution in [2.45, 2.75) is 25.4 Å². The Morgan fingerprint density at radius 1 is 1.41 bits per heavy atom. The zero-order chi connectivity index (χ0) is 15.5. The van der Waals surface area contributed by atoms with Gasteiger partial charge in [-0.25, -0.2) is 4.68 Å². The second kappa shape index (κ2) is 6.07. The number of aromatic nitrogens is 3. The lowest BCUT2D eigenvalue weighted by atomic mass is 10.1. The number of hydrogen-bond acceptors (Lipinski definition) is 5. The van der Waals surface area contributed by atoms with Gasteiger partial charge in [-0.1, -0.05) is 17.3 Å². The molecule has 1 aromatic carbocycles. The summed E-state index contributed by atoms with van der Waals surface area (Å²) < 4.78 is 7.23. The van der Waals surface area contributed by atoms with E-state index in [4.69, 9.17) is 9.84 Å². The van der Waals surface area contributed by atoms with Gasteiger partial charge >= 0.3 is 5.97 Å².